The molecule has 0 atom stereocenters. The number of carbonyl (C=O) groups is 3. The largest absolute Gasteiger partial charge is 0.306 e. The molecular weight excluding hydrogens is 206 g/mol. The van der Waals surface area contributed by atoms with E-state index in [0.717, 1.165) is 16.0 Å². The number of nitrogens with zero attached hydrogens (tertiary/aromatic N) is 1. The van der Waals surface area contributed by atoms with Crippen molar-refractivity contribution in [3.8, 4) is 0 Å². The number of amides is 2. The van der Waals surface area contributed by atoms with Gasteiger partial charge in [0.15, 0.2) is 0 Å². The second-order valence-corrected chi connectivity index (χ2v) is 3.97. The molecule has 2 rings (SSSR count). The molecule has 4 heteroatoms. The van der Waals surface area contributed by atoms with Gasteiger partial charge in [-0.2, -0.15) is 0 Å². The summed E-state index contributed by atoms with van der Waals surface area (Å²) in [4.78, 5) is 35.6. The van der Waals surface area contributed by atoms with Crippen LogP contribution in [0, 0.1) is 13.8 Å². The summed E-state index contributed by atoms with van der Waals surface area (Å²) in [5.74, 6) is -1.78. The Bertz CT molecular complexity index is 531. The highest BCUT2D eigenvalue weighted by atomic mass is 16.2. The molecule has 82 valence electrons. The number of anilines is 1. The zero-order valence-electron chi connectivity index (χ0n) is 9.33. The van der Waals surface area contributed by atoms with Crippen molar-refractivity contribution >= 4 is 23.3 Å². The molecule has 0 saturated carbocycles. The molecule has 2 amide bonds. The van der Waals surface area contributed by atoms with Crippen LogP contribution < -0.4 is 4.90 Å². The summed E-state index contributed by atoms with van der Waals surface area (Å²) in [6, 6.07) is 3.49. The van der Waals surface area contributed by atoms with Crippen LogP contribution in [0.15, 0.2) is 12.1 Å². The molecule has 0 unspecified atom stereocenters. The Labute approximate surface area is 92.9 Å². The predicted molar refractivity (Wildman–Crippen MR) is 58.4 cm³/mol. The third-order valence-corrected chi connectivity index (χ3v) is 2.63. The van der Waals surface area contributed by atoms with Crippen molar-refractivity contribution in [1.29, 1.82) is 0 Å². The Morgan fingerprint density at radius 1 is 1.19 bits per heavy atom. The molecule has 0 radical (unpaired) electrons. The molecule has 0 aromatic heterocycles. The van der Waals surface area contributed by atoms with E-state index in [1.54, 1.807) is 13.0 Å². The highest BCUT2D eigenvalue weighted by molar-refractivity contribution is 6.56. The van der Waals surface area contributed by atoms with Crippen LogP contribution in [0.5, 0.6) is 0 Å². The van der Waals surface area contributed by atoms with Crippen LogP contribution in [-0.2, 0) is 9.59 Å². The number of ketones is 1. The highest BCUT2D eigenvalue weighted by Gasteiger charge is 2.39. The number of hydrogen-bond acceptors (Lipinski definition) is 3. The van der Waals surface area contributed by atoms with Crippen LogP contribution in [0.25, 0.3) is 0 Å². The van der Waals surface area contributed by atoms with E-state index in [0.29, 0.717) is 11.3 Å². The molecule has 1 aliphatic rings. The zero-order valence-corrected chi connectivity index (χ0v) is 9.33. The lowest BCUT2D eigenvalue weighted by molar-refractivity contribution is -0.122. The van der Waals surface area contributed by atoms with E-state index in [-0.39, 0.29) is 0 Å². The minimum atomic E-state index is -0.754. The molecular formula is C12H11NO3. The summed E-state index contributed by atoms with van der Waals surface area (Å²) in [5.41, 5.74) is 2.44. The minimum absolute atomic E-state index is 0.331. The molecule has 16 heavy (non-hydrogen) atoms. The number of carbonyl (C=O) groups excluding carboxylic acids is 3. The van der Waals surface area contributed by atoms with Gasteiger partial charge < -0.3 is 0 Å². The van der Waals surface area contributed by atoms with Gasteiger partial charge in [0.25, 0.3) is 5.78 Å². The molecule has 0 fully saturated rings. The number of hydrogen-bond donors (Lipinski definition) is 0. The fraction of sp³-hybridized carbons (Fsp3) is 0.250. The molecule has 1 aliphatic heterocycles. The maximum absolute atomic E-state index is 11.7. The van der Waals surface area contributed by atoms with Crippen LogP contribution in [-0.4, -0.2) is 17.6 Å². The third kappa shape index (κ3) is 1.26. The molecule has 0 saturated heterocycles. The van der Waals surface area contributed by atoms with Crippen LogP contribution >= 0.6 is 0 Å². The molecule has 0 bridgehead atoms. The van der Waals surface area contributed by atoms with Crippen LogP contribution in [0.2, 0.25) is 0 Å². The maximum atomic E-state index is 11.7. The smallest absolute Gasteiger partial charge is 0.283 e. The fourth-order valence-corrected chi connectivity index (χ4v) is 2.05. The summed E-state index contributed by atoms with van der Waals surface area (Å²) in [6.45, 7) is 4.91. The predicted octanol–water partition coefficient (Wildman–Crippen LogP) is 1.38. The van der Waals surface area contributed by atoms with Crippen molar-refractivity contribution in [2.45, 2.75) is 20.8 Å². The van der Waals surface area contributed by atoms with Gasteiger partial charge in [-0.3, -0.25) is 14.4 Å². The average Bonchev–Trinajstić information content (AvgIpc) is 2.42. The van der Waals surface area contributed by atoms with Crippen molar-refractivity contribution in [2.24, 2.45) is 0 Å². The van der Waals surface area contributed by atoms with Crippen molar-refractivity contribution in [1.82, 2.24) is 0 Å². The lowest BCUT2D eigenvalue weighted by atomic mass is 10.0. The molecule has 1 heterocycles. The number of imide groups is 1. The van der Waals surface area contributed by atoms with E-state index in [9.17, 15) is 14.4 Å². The van der Waals surface area contributed by atoms with Gasteiger partial charge in [0.2, 0.25) is 5.91 Å². The van der Waals surface area contributed by atoms with E-state index in [2.05, 4.69) is 0 Å². The Morgan fingerprint density at radius 2 is 1.81 bits per heavy atom. The number of rotatable bonds is 0. The Morgan fingerprint density at radius 3 is 2.38 bits per heavy atom. The average molecular weight is 217 g/mol. The number of aryl methyl sites for hydroxylation is 2. The van der Waals surface area contributed by atoms with E-state index >= 15 is 0 Å². The molecule has 0 aliphatic carbocycles. The van der Waals surface area contributed by atoms with E-state index in [1.807, 2.05) is 13.0 Å². The summed E-state index contributed by atoms with van der Waals surface area (Å²) >= 11 is 0. The Hall–Kier alpha value is -1.97. The lowest BCUT2D eigenvalue weighted by Crippen LogP contribution is -2.34. The summed E-state index contributed by atoms with van der Waals surface area (Å²) < 4.78 is 0. The van der Waals surface area contributed by atoms with Crippen molar-refractivity contribution < 1.29 is 14.4 Å². The zero-order chi connectivity index (χ0) is 12.0. The summed E-state index contributed by atoms with van der Waals surface area (Å²) in [5, 5.41) is 0. The monoisotopic (exact) mass is 217 g/mol. The van der Waals surface area contributed by atoms with Gasteiger partial charge in [-0.1, -0.05) is 6.07 Å². The van der Waals surface area contributed by atoms with Crippen LogP contribution in [0.1, 0.15) is 28.4 Å². The van der Waals surface area contributed by atoms with Gasteiger partial charge in [-0.05, 0) is 31.0 Å². The summed E-state index contributed by atoms with van der Waals surface area (Å²) in [6.07, 6.45) is 0. The Kier molecular flexibility index (Phi) is 2.15. The number of fused-ring (bicyclic) bond motifs is 1. The normalized spacial score (nSPS) is 14.3. The van der Waals surface area contributed by atoms with E-state index in [1.165, 1.54) is 6.92 Å². The third-order valence-electron chi connectivity index (χ3n) is 2.63. The first-order valence-corrected chi connectivity index (χ1v) is 4.94. The van der Waals surface area contributed by atoms with Gasteiger partial charge in [0.05, 0.1) is 11.3 Å². The maximum Gasteiger partial charge on any atom is 0.306 e. The fourth-order valence-electron chi connectivity index (χ4n) is 2.05. The molecule has 1 aromatic rings. The minimum Gasteiger partial charge on any atom is -0.283 e. The SMILES string of the molecule is CC(=O)N1C(=O)C(=O)c2cc(C)cc(C)c21. The van der Waals surface area contributed by atoms with Gasteiger partial charge >= 0.3 is 5.91 Å². The summed E-state index contributed by atoms with van der Waals surface area (Å²) in [7, 11) is 0. The van der Waals surface area contributed by atoms with E-state index < -0.39 is 17.6 Å². The van der Waals surface area contributed by atoms with Gasteiger partial charge in [0.1, 0.15) is 0 Å². The number of Topliss-reactive ketones (excluding diaryl/α,β-unsaturated/α-hetero) is 1. The lowest BCUT2D eigenvalue weighted by Gasteiger charge is -2.14. The topological polar surface area (TPSA) is 54.5 Å². The van der Waals surface area contributed by atoms with Crippen LogP contribution in [0.3, 0.4) is 0 Å². The van der Waals surface area contributed by atoms with Crippen molar-refractivity contribution in [2.75, 3.05) is 4.90 Å². The standard InChI is InChI=1S/C12H11NO3/c1-6-4-7(2)10-9(5-6)11(15)12(16)13(10)8(3)14/h4-5H,1-3H3. The molecule has 1 aromatic carbocycles. The molecule has 4 nitrogen and oxygen atoms in total. The van der Waals surface area contributed by atoms with Gasteiger partial charge in [-0.15, -0.1) is 0 Å². The molecule has 0 N–H and O–H groups in total. The first-order valence-electron chi connectivity index (χ1n) is 4.94. The van der Waals surface area contributed by atoms with Crippen LogP contribution in [0.4, 0.5) is 5.69 Å². The number of benzene rings is 1. The highest BCUT2D eigenvalue weighted by Crippen LogP contribution is 2.33. The van der Waals surface area contributed by atoms with Gasteiger partial charge in [-0.25, -0.2) is 4.90 Å². The quantitative estimate of drug-likeness (QED) is 0.617. The first kappa shape index (κ1) is 10.5. The van der Waals surface area contributed by atoms with Crippen molar-refractivity contribution in [3.63, 3.8) is 0 Å². The molecule has 0 spiro atoms. The van der Waals surface area contributed by atoms with Gasteiger partial charge in [0, 0.05) is 6.92 Å². The second kappa shape index (κ2) is 3.27. The Balaban J connectivity index is 2.75. The first-order chi connectivity index (χ1) is 7.43. The van der Waals surface area contributed by atoms with E-state index in [4.69, 9.17) is 0 Å². The van der Waals surface area contributed by atoms with Crippen molar-refractivity contribution in [3.05, 3.63) is 28.8 Å². The second-order valence-electron chi connectivity index (χ2n) is 3.97.